The molecule has 6 heteroatoms. The number of amides is 2. The quantitative estimate of drug-likeness (QED) is 0.779. The van der Waals surface area contributed by atoms with Crippen molar-refractivity contribution in [1.29, 1.82) is 0 Å². The summed E-state index contributed by atoms with van der Waals surface area (Å²) in [6.07, 6.45) is 1.49. The van der Waals surface area contributed by atoms with Crippen LogP contribution in [0.1, 0.15) is 29.2 Å². The van der Waals surface area contributed by atoms with Gasteiger partial charge in [-0.05, 0) is 23.4 Å². The minimum Gasteiger partial charge on any atom is -0.340 e. The summed E-state index contributed by atoms with van der Waals surface area (Å²) in [5.41, 5.74) is 1.18. The minimum atomic E-state index is 0.0834. The first-order chi connectivity index (χ1) is 13.7. The van der Waals surface area contributed by atoms with Gasteiger partial charge in [-0.2, -0.15) is 0 Å². The highest BCUT2D eigenvalue weighted by atomic mass is 32.1. The van der Waals surface area contributed by atoms with Crippen molar-refractivity contribution >= 4 is 23.2 Å². The maximum Gasteiger partial charge on any atom is 0.242 e. The first-order valence-electron chi connectivity index (χ1n) is 10.0. The lowest BCUT2D eigenvalue weighted by atomic mass is 9.99. The number of benzene rings is 1. The first kappa shape index (κ1) is 19.2. The van der Waals surface area contributed by atoms with Crippen molar-refractivity contribution in [3.8, 4) is 0 Å². The molecule has 5 nitrogen and oxygen atoms in total. The van der Waals surface area contributed by atoms with Crippen molar-refractivity contribution in [3.63, 3.8) is 0 Å². The van der Waals surface area contributed by atoms with Crippen molar-refractivity contribution in [2.24, 2.45) is 0 Å². The maximum absolute atomic E-state index is 12.8. The van der Waals surface area contributed by atoms with E-state index in [9.17, 15) is 9.59 Å². The van der Waals surface area contributed by atoms with E-state index in [4.69, 9.17) is 0 Å². The molecule has 1 aromatic carbocycles. The summed E-state index contributed by atoms with van der Waals surface area (Å²) in [4.78, 5) is 32.7. The van der Waals surface area contributed by atoms with E-state index >= 15 is 0 Å². The molecule has 0 spiro atoms. The SMILES string of the molecule is O=C(CN1CC(c2ccccc2)CC1=O)N1CCCN(Cc2cccs2)CC1. The van der Waals surface area contributed by atoms with E-state index in [2.05, 4.69) is 34.5 Å². The molecule has 2 fully saturated rings. The van der Waals surface area contributed by atoms with E-state index in [0.717, 1.165) is 39.1 Å². The van der Waals surface area contributed by atoms with Crippen molar-refractivity contribution in [2.75, 3.05) is 39.3 Å². The second-order valence-corrected chi connectivity index (χ2v) is 8.71. The summed E-state index contributed by atoms with van der Waals surface area (Å²) < 4.78 is 0. The van der Waals surface area contributed by atoms with Crippen LogP contribution < -0.4 is 0 Å². The number of carbonyl (C=O) groups is 2. The predicted molar refractivity (Wildman–Crippen MR) is 111 cm³/mol. The van der Waals surface area contributed by atoms with Crippen LogP contribution in [0.4, 0.5) is 0 Å². The molecule has 0 saturated carbocycles. The van der Waals surface area contributed by atoms with Crippen LogP contribution in [0.15, 0.2) is 47.8 Å². The number of nitrogens with zero attached hydrogens (tertiary/aromatic N) is 3. The fraction of sp³-hybridized carbons (Fsp3) is 0.455. The van der Waals surface area contributed by atoms with Gasteiger partial charge in [-0.15, -0.1) is 11.3 Å². The largest absolute Gasteiger partial charge is 0.340 e. The van der Waals surface area contributed by atoms with Gasteiger partial charge in [-0.1, -0.05) is 36.4 Å². The summed E-state index contributed by atoms with van der Waals surface area (Å²) in [6, 6.07) is 14.4. The van der Waals surface area contributed by atoms with E-state index in [0.29, 0.717) is 13.0 Å². The van der Waals surface area contributed by atoms with E-state index in [1.807, 2.05) is 23.1 Å². The first-order valence-corrected chi connectivity index (χ1v) is 10.9. The standard InChI is InChI=1S/C22H27N3O2S/c26-21-14-19(18-6-2-1-3-7-18)15-25(21)17-22(27)24-10-5-9-23(11-12-24)16-20-8-4-13-28-20/h1-4,6-8,13,19H,5,9-12,14-17H2. The van der Waals surface area contributed by atoms with Crippen LogP contribution in [0.2, 0.25) is 0 Å². The average Bonchev–Trinajstić information content (AvgIpc) is 3.27. The van der Waals surface area contributed by atoms with Crippen LogP contribution in [-0.4, -0.2) is 65.8 Å². The molecule has 2 amide bonds. The molecule has 148 valence electrons. The number of likely N-dealkylation sites (tertiary alicyclic amines) is 1. The lowest BCUT2D eigenvalue weighted by molar-refractivity contribution is -0.138. The molecule has 1 unspecified atom stereocenters. The van der Waals surface area contributed by atoms with Crippen LogP contribution in [0.5, 0.6) is 0 Å². The molecule has 0 N–H and O–H groups in total. The smallest absolute Gasteiger partial charge is 0.242 e. The third-order valence-corrected chi connectivity index (χ3v) is 6.57. The van der Waals surface area contributed by atoms with Gasteiger partial charge in [0.05, 0.1) is 6.54 Å². The molecule has 2 saturated heterocycles. The Morgan fingerprint density at radius 1 is 1.04 bits per heavy atom. The minimum absolute atomic E-state index is 0.0834. The van der Waals surface area contributed by atoms with Gasteiger partial charge in [0.25, 0.3) is 0 Å². The zero-order valence-electron chi connectivity index (χ0n) is 16.1. The molecule has 2 aliphatic heterocycles. The summed E-state index contributed by atoms with van der Waals surface area (Å²) in [5.74, 6) is 0.378. The highest BCUT2D eigenvalue weighted by Gasteiger charge is 2.32. The average molecular weight is 398 g/mol. The molecule has 0 aliphatic carbocycles. The Kier molecular flexibility index (Phi) is 6.07. The summed E-state index contributed by atoms with van der Waals surface area (Å²) in [5, 5.41) is 2.11. The van der Waals surface area contributed by atoms with Crippen molar-refractivity contribution in [3.05, 3.63) is 58.3 Å². The van der Waals surface area contributed by atoms with Crippen LogP contribution in [0, 0.1) is 0 Å². The molecular weight excluding hydrogens is 370 g/mol. The third-order valence-electron chi connectivity index (χ3n) is 5.71. The number of thiophene rings is 1. The summed E-state index contributed by atoms with van der Waals surface area (Å²) in [6.45, 7) is 5.26. The highest BCUT2D eigenvalue weighted by molar-refractivity contribution is 7.09. The molecule has 2 aliphatic rings. The maximum atomic E-state index is 12.8. The van der Waals surface area contributed by atoms with Gasteiger partial charge in [0.2, 0.25) is 11.8 Å². The monoisotopic (exact) mass is 397 g/mol. The number of carbonyl (C=O) groups excluding carboxylic acids is 2. The Balaban J connectivity index is 1.29. The lowest BCUT2D eigenvalue weighted by Crippen LogP contribution is -2.42. The zero-order chi connectivity index (χ0) is 19.3. The van der Waals surface area contributed by atoms with E-state index < -0.39 is 0 Å². The molecule has 2 aromatic rings. The Bertz CT molecular complexity index is 793. The normalized spacial score (nSPS) is 21.1. The van der Waals surface area contributed by atoms with Gasteiger partial charge >= 0.3 is 0 Å². The molecule has 0 bridgehead atoms. The zero-order valence-corrected chi connectivity index (χ0v) is 16.9. The molecule has 4 rings (SSSR count). The van der Waals surface area contributed by atoms with Crippen LogP contribution in [-0.2, 0) is 16.1 Å². The Hall–Kier alpha value is -2.18. The van der Waals surface area contributed by atoms with Gasteiger partial charge in [0.1, 0.15) is 0 Å². The third kappa shape index (κ3) is 4.62. The van der Waals surface area contributed by atoms with Crippen molar-refractivity contribution < 1.29 is 9.59 Å². The Labute approximate surface area is 170 Å². The summed E-state index contributed by atoms with van der Waals surface area (Å²) in [7, 11) is 0. The molecule has 0 radical (unpaired) electrons. The molecule has 28 heavy (non-hydrogen) atoms. The van der Waals surface area contributed by atoms with Gasteiger partial charge in [0.15, 0.2) is 0 Å². The van der Waals surface area contributed by atoms with E-state index in [-0.39, 0.29) is 24.3 Å². The fourth-order valence-corrected chi connectivity index (χ4v) is 4.88. The van der Waals surface area contributed by atoms with E-state index in [1.54, 1.807) is 16.2 Å². The molecular formula is C22H27N3O2S. The van der Waals surface area contributed by atoms with Gasteiger partial charge < -0.3 is 9.80 Å². The van der Waals surface area contributed by atoms with Crippen LogP contribution >= 0.6 is 11.3 Å². The molecule has 1 aromatic heterocycles. The number of hydrogen-bond donors (Lipinski definition) is 0. The molecule has 3 heterocycles. The Morgan fingerprint density at radius 2 is 1.89 bits per heavy atom. The van der Waals surface area contributed by atoms with Gasteiger partial charge in [-0.25, -0.2) is 0 Å². The lowest BCUT2D eigenvalue weighted by Gasteiger charge is -2.24. The predicted octanol–water partition coefficient (Wildman–Crippen LogP) is 2.80. The second kappa shape index (κ2) is 8.88. The van der Waals surface area contributed by atoms with Crippen molar-refractivity contribution in [2.45, 2.75) is 25.3 Å². The fourth-order valence-electron chi connectivity index (χ4n) is 4.14. The Morgan fingerprint density at radius 3 is 2.68 bits per heavy atom. The van der Waals surface area contributed by atoms with Crippen molar-refractivity contribution in [1.82, 2.24) is 14.7 Å². The number of rotatable bonds is 5. The van der Waals surface area contributed by atoms with Crippen LogP contribution in [0.25, 0.3) is 0 Å². The van der Waals surface area contributed by atoms with Gasteiger partial charge in [0, 0.05) is 56.5 Å². The van der Waals surface area contributed by atoms with Crippen LogP contribution in [0.3, 0.4) is 0 Å². The summed E-state index contributed by atoms with van der Waals surface area (Å²) >= 11 is 1.78. The van der Waals surface area contributed by atoms with Gasteiger partial charge in [-0.3, -0.25) is 14.5 Å². The molecule has 1 atom stereocenters. The van der Waals surface area contributed by atoms with E-state index in [1.165, 1.54) is 10.4 Å². The second-order valence-electron chi connectivity index (χ2n) is 7.68. The topological polar surface area (TPSA) is 43.9 Å². The highest BCUT2D eigenvalue weighted by Crippen LogP contribution is 2.27. The number of hydrogen-bond acceptors (Lipinski definition) is 4.